The Morgan fingerprint density at radius 3 is 1.27 bits per heavy atom. The van der Waals surface area contributed by atoms with E-state index in [0.717, 1.165) is 96.3 Å². The van der Waals surface area contributed by atoms with E-state index in [1.165, 1.54) is 109 Å². The highest BCUT2D eigenvalue weighted by Gasteiger charge is 2.23. The standard InChI is InChI=1S/C64H111N2O6P/c1-6-8-10-12-14-16-18-20-22-24-25-26-27-28-29-30-31-32-33-34-35-36-37-38-39-40-41-42-44-46-48-50-52-54-56-58-64(68)65-62(61-72-73(69,70)71-60-59-66(3,4)5)63(67)57-55-53-51-49-47-45-43-23-21-19-17-15-13-11-9-7-2/h8,10,14,16,20,22,25-26,28-29,31-32,34-35,37-38,47,49,55,57,62-63,67H,6-7,9,11-13,15,17-19,21,23-24,27,30,33,36,39-46,48,50-54,56,58-61H2,1-5H3,(H-,65,68,69,70)/b10-8-,16-14-,22-20-,26-25-,29-28-,32-31-,35-34-,38-37-,49-47+,57-55+. The molecule has 0 aliphatic rings. The summed E-state index contributed by atoms with van der Waals surface area (Å²) in [5.74, 6) is -0.217. The first-order valence-corrected chi connectivity index (χ1v) is 30.9. The monoisotopic (exact) mass is 1030 g/mol. The Morgan fingerprint density at radius 2 is 0.849 bits per heavy atom. The van der Waals surface area contributed by atoms with Gasteiger partial charge in [-0.05, 0) is 96.3 Å². The third kappa shape index (κ3) is 56.5. The van der Waals surface area contributed by atoms with E-state index in [1.54, 1.807) is 6.08 Å². The highest BCUT2D eigenvalue weighted by molar-refractivity contribution is 7.45. The van der Waals surface area contributed by atoms with Crippen LogP contribution in [0.1, 0.15) is 226 Å². The maximum Gasteiger partial charge on any atom is 0.268 e. The molecule has 0 heterocycles. The Kier molecular flexibility index (Phi) is 51.4. The number of carbonyl (C=O) groups excluding carboxylic acids is 1. The predicted octanol–water partition coefficient (Wildman–Crippen LogP) is 17.5. The minimum absolute atomic E-state index is 0.0128. The first-order valence-electron chi connectivity index (χ1n) is 29.4. The fraction of sp³-hybridized carbons (Fsp3) is 0.672. The maximum absolute atomic E-state index is 13.0. The maximum atomic E-state index is 13.0. The van der Waals surface area contributed by atoms with Gasteiger partial charge >= 0.3 is 0 Å². The molecule has 0 bridgehead atoms. The largest absolute Gasteiger partial charge is 0.756 e. The molecular formula is C64H111N2O6P. The number of phosphoric ester groups is 1. The molecule has 0 saturated carbocycles. The van der Waals surface area contributed by atoms with Gasteiger partial charge in [0.2, 0.25) is 5.91 Å². The van der Waals surface area contributed by atoms with Crippen molar-refractivity contribution in [2.24, 2.45) is 0 Å². The molecule has 0 rings (SSSR count). The summed E-state index contributed by atoms with van der Waals surface area (Å²) >= 11 is 0. The second-order valence-corrected chi connectivity index (χ2v) is 22.0. The molecule has 0 fully saturated rings. The lowest BCUT2D eigenvalue weighted by molar-refractivity contribution is -0.870. The van der Waals surface area contributed by atoms with Crippen molar-refractivity contribution < 1.29 is 32.9 Å². The van der Waals surface area contributed by atoms with Gasteiger partial charge in [0, 0.05) is 6.42 Å². The Morgan fingerprint density at radius 1 is 0.493 bits per heavy atom. The number of hydrogen-bond donors (Lipinski definition) is 2. The summed E-state index contributed by atoms with van der Waals surface area (Å²) in [5, 5.41) is 13.8. The molecule has 0 saturated heterocycles. The van der Waals surface area contributed by atoms with Gasteiger partial charge in [0.1, 0.15) is 13.2 Å². The van der Waals surface area contributed by atoms with Crippen molar-refractivity contribution in [2.75, 3.05) is 40.9 Å². The van der Waals surface area contributed by atoms with Crippen LogP contribution in [-0.4, -0.2) is 68.5 Å². The molecule has 0 aliphatic carbocycles. The number of likely N-dealkylation sites (N-methyl/N-ethyl adjacent to an activating group) is 1. The number of allylic oxidation sites excluding steroid dienone is 19. The van der Waals surface area contributed by atoms with Crippen LogP contribution in [0.15, 0.2) is 122 Å². The molecule has 73 heavy (non-hydrogen) atoms. The summed E-state index contributed by atoms with van der Waals surface area (Å²) in [7, 11) is 1.23. The first-order chi connectivity index (χ1) is 35.5. The fourth-order valence-corrected chi connectivity index (χ4v) is 8.55. The van der Waals surface area contributed by atoms with Crippen molar-refractivity contribution in [2.45, 2.75) is 238 Å². The van der Waals surface area contributed by atoms with Gasteiger partial charge in [0.25, 0.3) is 7.82 Å². The first kappa shape index (κ1) is 69.9. The molecule has 0 aromatic rings. The molecule has 1 amide bonds. The molecule has 0 spiro atoms. The number of quaternary nitrogens is 1. The van der Waals surface area contributed by atoms with Crippen molar-refractivity contribution in [1.82, 2.24) is 5.32 Å². The molecule has 3 unspecified atom stereocenters. The topological polar surface area (TPSA) is 108 Å². The van der Waals surface area contributed by atoms with E-state index in [-0.39, 0.29) is 12.5 Å². The Hall–Kier alpha value is -3.10. The Balaban J connectivity index is 4.19. The lowest BCUT2D eigenvalue weighted by Gasteiger charge is -2.29. The van der Waals surface area contributed by atoms with Gasteiger partial charge in [-0.3, -0.25) is 9.36 Å². The SMILES string of the molecule is CC/C=C\C/C=C\C/C=C\C/C=C\C/C=C\C/C=C\C/C=C\C/C=C\CCCCCCCCCCCCC(=O)NC(COP(=O)([O-])OCC[N+](C)(C)C)C(O)/C=C/CC/C=C/CCCCCCCCCCCC. The summed E-state index contributed by atoms with van der Waals surface area (Å²) < 4.78 is 23.3. The van der Waals surface area contributed by atoms with Crippen LogP contribution >= 0.6 is 7.82 Å². The molecule has 8 nitrogen and oxygen atoms in total. The predicted molar refractivity (Wildman–Crippen MR) is 315 cm³/mol. The molecule has 0 aromatic heterocycles. The van der Waals surface area contributed by atoms with Crippen LogP contribution < -0.4 is 10.2 Å². The van der Waals surface area contributed by atoms with E-state index >= 15 is 0 Å². The molecule has 0 aliphatic heterocycles. The minimum Gasteiger partial charge on any atom is -0.756 e. The quantitative estimate of drug-likeness (QED) is 0.0272. The van der Waals surface area contributed by atoms with Gasteiger partial charge in [0.15, 0.2) is 0 Å². The zero-order valence-corrected chi connectivity index (χ0v) is 48.4. The van der Waals surface area contributed by atoms with Crippen LogP contribution in [-0.2, 0) is 18.4 Å². The Bertz CT molecular complexity index is 1600. The lowest BCUT2D eigenvalue weighted by atomic mass is 10.0. The smallest absolute Gasteiger partial charge is 0.268 e. The van der Waals surface area contributed by atoms with Crippen molar-refractivity contribution in [3.05, 3.63) is 122 Å². The van der Waals surface area contributed by atoms with E-state index in [2.05, 4.69) is 129 Å². The van der Waals surface area contributed by atoms with Crippen LogP contribution in [0.25, 0.3) is 0 Å². The average Bonchev–Trinajstić information content (AvgIpc) is 3.35. The van der Waals surface area contributed by atoms with Crippen LogP contribution in [0.5, 0.6) is 0 Å². The summed E-state index contributed by atoms with van der Waals surface area (Å²) in [6, 6.07) is -0.914. The van der Waals surface area contributed by atoms with Crippen LogP contribution in [0.3, 0.4) is 0 Å². The van der Waals surface area contributed by atoms with Gasteiger partial charge in [0.05, 0.1) is 39.9 Å². The highest BCUT2D eigenvalue weighted by atomic mass is 31.2. The summed E-state index contributed by atoms with van der Waals surface area (Å²) in [6.45, 7) is 4.50. The second-order valence-electron chi connectivity index (χ2n) is 20.6. The molecule has 9 heteroatoms. The second kappa shape index (κ2) is 53.7. The van der Waals surface area contributed by atoms with Gasteiger partial charge in [-0.1, -0.05) is 245 Å². The molecular weight excluding hydrogens is 924 g/mol. The zero-order valence-electron chi connectivity index (χ0n) is 47.5. The number of nitrogens with zero attached hydrogens (tertiary/aromatic N) is 1. The average molecular weight is 1040 g/mol. The lowest BCUT2D eigenvalue weighted by Crippen LogP contribution is -2.45. The molecule has 0 aromatic carbocycles. The number of rotatable bonds is 52. The number of carbonyl (C=O) groups is 1. The number of unbranched alkanes of at least 4 members (excludes halogenated alkanes) is 21. The van der Waals surface area contributed by atoms with E-state index in [9.17, 15) is 19.4 Å². The van der Waals surface area contributed by atoms with E-state index in [1.807, 2.05) is 27.2 Å². The Labute approximate surface area is 450 Å². The fourth-order valence-electron chi connectivity index (χ4n) is 7.83. The number of nitrogens with one attached hydrogen (secondary N) is 1. The number of amides is 1. The third-order valence-electron chi connectivity index (χ3n) is 12.4. The molecule has 3 atom stereocenters. The number of hydrogen-bond acceptors (Lipinski definition) is 6. The van der Waals surface area contributed by atoms with Crippen LogP contribution in [0.2, 0.25) is 0 Å². The van der Waals surface area contributed by atoms with Crippen molar-refractivity contribution in [1.29, 1.82) is 0 Å². The number of aliphatic hydroxyl groups excluding tert-OH is 1. The molecule has 2 N–H and O–H groups in total. The summed E-state index contributed by atoms with van der Waals surface area (Å²) in [6.07, 6.45) is 79.9. The van der Waals surface area contributed by atoms with Gasteiger partial charge in [-0.2, -0.15) is 0 Å². The molecule has 418 valence electrons. The van der Waals surface area contributed by atoms with Crippen LogP contribution in [0, 0.1) is 0 Å². The number of aliphatic hydroxyl groups is 1. The van der Waals surface area contributed by atoms with E-state index in [4.69, 9.17) is 9.05 Å². The van der Waals surface area contributed by atoms with Crippen LogP contribution in [0.4, 0.5) is 0 Å². The van der Waals surface area contributed by atoms with Gasteiger partial charge in [-0.25, -0.2) is 0 Å². The third-order valence-corrected chi connectivity index (χ3v) is 13.4. The van der Waals surface area contributed by atoms with Gasteiger partial charge in [-0.15, -0.1) is 0 Å². The van der Waals surface area contributed by atoms with Gasteiger partial charge < -0.3 is 28.8 Å². The zero-order chi connectivity index (χ0) is 53.5. The summed E-state index contributed by atoms with van der Waals surface area (Å²) in [4.78, 5) is 25.5. The van der Waals surface area contributed by atoms with E-state index < -0.39 is 26.6 Å². The number of phosphoric acid groups is 1. The minimum atomic E-state index is -4.61. The normalized spacial score (nSPS) is 14.8. The molecule has 0 radical (unpaired) electrons. The highest BCUT2D eigenvalue weighted by Crippen LogP contribution is 2.38. The van der Waals surface area contributed by atoms with Crippen molar-refractivity contribution in [3.8, 4) is 0 Å². The summed E-state index contributed by atoms with van der Waals surface area (Å²) in [5.41, 5.74) is 0. The van der Waals surface area contributed by atoms with Crippen molar-refractivity contribution >= 4 is 13.7 Å². The van der Waals surface area contributed by atoms with E-state index in [0.29, 0.717) is 17.4 Å². The van der Waals surface area contributed by atoms with Crippen molar-refractivity contribution in [3.63, 3.8) is 0 Å².